The molecule has 3 aromatic heterocycles. The lowest BCUT2D eigenvalue weighted by molar-refractivity contribution is 0.0484. The highest BCUT2D eigenvalue weighted by atomic mass is 19.1. The second-order valence-corrected chi connectivity index (χ2v) is 9.68. The van der Waals surface area contributed by atoms with Crippen molar-refractivity contribution in [1.29, 1.82) is 0 Å². The maximum absolute atomic E-state index is 13.3. The number of amides is 1. The molecule has 3 heterocycles. The van der Waals surface area contributed by atoms with Crippen LogP contribution in [0, 0.1) is 5.82 Å². The Morgan fingerprint density at radius 3 is 2.53 bits per heavy atom. The Balaban J connectivity index is 1.56. The van der Waals surface area contributed by atoms with Crippen LogP contribution in [0.25, 0.3) is 5.82 Å². The standard InChI is InChI=1S/C26H30FN7O2/c1-25(2,28)18-13-20(12-17-6-8-19(27)9-7-17)31-22(14-18)26(3,36)16-29-24(35)21-15-23(32-33(21)4)34-11-5-10-30-34/h5-11,13-15,36H,12,16,28H2,1-4H3,(H,29,35). The molecule has 0 aliphatic rings. The van der Waals surface area contributed by atoms with Gasteiger partial charge in [0.25, 0.3) is 5.91 Å². The summed E-state index contributed by atoms with van der Waals surface area (Å²) in [4.78, 5) is 17.6. The number of carbonyl (C=O) groups excluding carboxylic acids is 1. The summed E-state index contributed by atoms with van der Waals surface area (Å²) in [6, 6.07) is 13.2. The van der Waals surface area contributed by atoms with Crippen LogP contribution in [0.15, 0.2) is 60.9 Å². The quantitative estimate of drug-likeness (QED) is 0.348. The number of nitrogens with two attached hydrogens (primary N) is 1. The van der Waals surface area contributed by atoms with Gasteiger partial charge in [0, 0.05) is 43.2 Å². The first-order chi connectivity index (χ1) is 16.9. The molecule has 0 saturated carbocycles. The first kappa shape index (κ1) is 25.2. The number of aromatic nitrogens is 5. The average molecular weight is 492 g/mol. The monoisotopic (exact) mass is 491 g/mol. The Morgan fingerprint density at radius 1 is 1.17 bits per heavy atom. The summed E-state index contributed by atoms with van der Waals surface area (Å²) in [5.41, 5.74) is 7.21. The normalized spacial score (nSPS) is 13.4. The Kier molecular flexibility index (Phi) is 6.75. The summed E-state index contributed by atoms with van der Waals surface area (Å²) in [5.74, 6) is -0.206. The molecule has 4 rings (SSSR count). The van der Waals surface area contributed by atoms with Gasteiger partial charge in [0.1, 0.15) is 17.1 Å². The molecule has 4 N–H and O–H groups in total. The molecule has 188 valence electrons. The fourth-order valence-electron chi connectivity index (χ4n) is 3.75. The number of aliphatic hydroxyl groups is 1. The van der Waals surface area contributed by atoms with Crippen molar-refractivity contribution in [3.05, 3.63) is 95.0 Å². The lowest BCUT2D eigenvalue weighted by Gasteiger charge is -2.27. The second kappa shape index (κ2) is 9.63. The molecule has 10 heteroatoms. The average Bonchev–Trinajstić information content (AvgIpc) is 3.48. The van der Waals surface area contributed by atoms with Crippen LogP contribution in [0.5, 0.6) is 0 Å². The van der Waals surface area contributed by atoms with Crippen molar-refractivity contribution in [1.82, 2.24) is 29.9 Å². The Labute approximate surface area is 208 Å². The number of pyridine rings is 1. The van der Waals surface area contributed by atoms with Gasteiger partial charge in [-0.2, -0.15) is 10.2 Å². The van der Waals surface area contributed by atoms with E-state index in [0.29, 0.717) is 29.3 Å². The molecule has 0 saturated heterocycles. The van der Waals surface area contributed by atoms with E-state index in [4.69, 9.17) is 5.73 Å². The van der Waals surface area contributed by atoms with E-state index in [1.165, 1.54) is 16.8 Å². The maximum atomic E-state index is 13.3. The first-order valence-electron chi connectivity index (χ1n) is 11.5. The minimum atomic E-state index is -1.49. The van der Waals surface area contributed by atoms with Crippen LogP contribution in [-0.2, 0) is 24.6 Å². The summed E-state index contributed by atoms with van der Waals surface area (Å²) in [6.45, 7) is 5.22. The SMILES string of the molecule is Cn1nc(-n2cccn2)cc1C(=O)NCC(C)(O)c1cc(C(C)(C)N)cc(Cc2ccc(F)cc2)n1. The number of halogens is 1. The van der Waals surface area contributed by atoms with E-state index in [2.05, 4.69) is 20.5 Å². The molecule has 0 aliphatic carbocycles. The number of rotatable bonds is 8. The van der Waals surface area contributed by atoms with E-state index in [1.54, 1.807) is 61.4 Å². The van der Waals surface area contributed by atoms with E-state index >= 15 is 0 Å². The predicted octanol–water partition coefficient (Wildman–Crippen LogP) is 2.56. The van der Waals surface area contributed by atoms with Gasteiger partial charge in [0.15, 0.2) is 5.82 Å². The molecule has 36 heavy (non-hydrogen) atoms. The molecule has 1 aromatic carbocycles. The topological polar surface area (TPSA) is 124 Å². The van der Waals surface area contributed by atoms with Gasteiger partial charge in [-0.25, -0.2) is 9.07 Å². The van der Waals surface area contributed by atoms with E-state index in [-0.39, 0.29) is 12.4 Å². The van der Waals surface area contributed by atoms with Gasteiger partial charge in [-0.3, -0.25) is 14.5 Å². The number of aryl methyl sites for hydroxylation is 1. The van der Waals surface area contributed by atoms with Gasteiger partial charge in [0.05, 0.1) is 12.2 Å². The molecule has 9 nitrogen and oxygen atoms in total. The minimum absolute atomic E-state index is 0.0917. The predicted molar refractivity (Wildman–Crippen MR) is 133 cm³/mol. The Hall–Kier alpha value is -3.89. The summed E-state index contributed by atoms with van der Waals surface area (Å²) in [6.07, 6.45) is 3.79. The third-order valence-corrected chi connectivity index (χ3v) is 5.90. The molecule has 0 spiro atoms. The van der Waals surface area contributed by atoms with Crippen LogP contribution < -0.4 is 11.1 Å². The van der Waals surface area contributed by atoms with Crippen LogP contribution in [-0.4, -0.2) is 42.1 Å². The van der Waals surface area contributed by atoms with Gasteiger partial charge < -0.3 is 16.2 Å². The van der Waals surface area contributed by atoms with E-state index in [1.807, 2.05) is 19.9 Å². The van der Waals surface area contributed by atoms with Gasteiger partial charge in [-0.05, 0) is 62.2 Å². The molecule has 1 unspecified atom stereocenters. The molecular weight excluding hydrogens is 461 g/mol. The van der Waals surface area contributed by atoms with Crippen molar-refractivity contribution in [2.24, 2.45) is 12.8 Å². The lowest BCUT2D eigenvalue weighted by atomic mass is 9.90. The Bertz CT molecular complexity index is 1350. The summed E-state index contributed by atoms with van der Waals surface area (Å²) < 4.78 is 16.3. The van der Waals surface area contributed by atoms with Crippen molar-refractivity contribution in [2.75, 3.05) is 6.54 Å². The van der Waals surface area contributed by atoms with E-state index < -0.39 is 17.0 Å². The zero-order chi connectivity index (χ0) is 26.1. The van der Waals surface area contributed by atoms with Crippen LogP contribution in [0.2, 0.25) is 0 Å². The number of carbonyl (C=O) groups is 1. The van der Waals surface area contributed by atoms with Gasteiger partial charge in [-0.1, -0.05) is 12.1 Å². The third kappa shape index (κ3) is 5.67. The summed E-state index contributed by atoms with van der Waals surface area (Å²) >= 11 is 0. The van der Waals surface area contributed by atoms with Gasteiger partial charge in [-0.15, -0.1) is 0 Å². The Morgan fingerprint density at radius 2 is 1.89 bits per heavy atom. The van der Waals surface area contributed by atoms with Gasteiger partial charge >= 0.3 is 0 Å². The highest BCUT2D eigenvalue weighted by molar-refractivity contribution is 5.93. The molecule has 1 atom stereocenters. The zero-order valence-corrected chi connectivity index (χ0v) is 20.7. The number of hydrogen-bond donors (Lipinski definition) is 3. The van der Waals surface area contributed by atoms with E-state index in [9.17, 15) is 14.3 Å². The highest BCUT2D eigenvalue weighted by Crippen LogP contribution is 2.26. The summed E-state index contributed by atoms with van der Waals surface area (Å²) in [5, 5.41) is 22.5. The number of nitrogens with zero attached hydrogens (tertiary/aromatic N) is 5. The van der Waals surface area contributed by atoms with Gasteiger partial charge in [0.2, 0.25) is 0 Å². The minimum Gasteiger partial charge on any atom is -0.382 e. The molecule has 1 amide bonds. The second-order valence-electron chi connectivity index (χ2n) is 9.68. The van der Waals surface area contributed by atoms with Crippen molar-refractivity contribution >= 4 is 5.91 Å². The molecule has 0 aliphatic heterocycles. The highest BCUT2D eigenvalue weighted by Gasteiger charge is 2.29. The van der Waals surface area contributed by atoms with E-state index in [0.717, 1.165) is 11.1 Å². The fraction of sp³-hybridized carbons (Fsp3) is 0.308. The molecule has 0 bridgehead atoms. The van der Waals surface area contributed by atoms with Crippen LogP contribution in [0.4, 0.5) is 4.39 Å². The number of hydrogen-bond acceptors (Lipinski definition) is 6. The lowest BCUT2D eigenvalue weighted by Crippen LogP contribution is -2.40. The fourth-order valence-corrected chi connectivity index (χ4v) is 3.75. The third-order valence-electron chi connectivity index (χ3n) is 5.90. The van der Waals surface area contributed by atoms with Crippen molar-refractivity contribution in [3.63, 3.8) is 0 Å². The van der Waals surface area contributed by atoms with Crippen molar-refractivity contribution in [2.45, 2.75) is 38.3 Å². The molecule has 4 aromatic rings. The summed E-state index contributed by atoms with van der Waals surface area (Å²) in [7, 11) is 1.66. The zero-order valence-electron chi connectivity index (χ0n) is 20.7. The van der Waals surface area contributed by atoms with Crippen LogP contribution in [0.3, 0.4) is 0 Å². The van der Waals surface area contributed by atoms with Crippen molar-refractivity contribution < 1.29 is 14.3 Å². The smallest absolute Gasteiger partial charge is 0.269 e. The van der Waals surface area contributed by atoms with Crippen LogP contribution >= 0.6 is 0 Å². The molecule has 0 radical (unpaired) electrons. The largest absolute Gasteiger partial charge is 0.382 e. The van der Waals surface area contributed by atoms with Crippen molar-refractivity contribution in [3.8, 4) is 5.82 Å². The molecular formula is C26H30FN7O2. The number of nitrogens with one attached hydrogen (secondary N) is 1. The maximum Gasteiger partial charge on any atom is 0.269 e. The molecule has 0 fully saturated rings. The number of benzene rings is 1. The first-order valence-corrected chi connectivity index (χ1v) is 11.5. The van der Waals surface area contributed by atoms with Crippen LogP contribution in [0.1, 0.15) is 53.8 Å².